The molecule has 4 aromatic heterocycles. The van der Waals surface area contributed by atoms with Crippen LogP contribution in [-0.2, 0) is 17.6 Å². The maximum Gasteiger partial charge on any atom is 0.250 e. The molecule has 0 bridgehead atoms. The zero-order valence-electron chi connectivity index (χ0n) is 43.5. The fraction of sp³-hybridized carbons (Fsp3) is 0.368. The number of nitrogens with one attached hydrogen (secondary N) is 2. The lowest BCUT2D eigenvalue weighted by atomic mass is 10.1. The second-order valence-corrected chi connectivity index (χ2v) is 33.0. The smallest absolute Gasteiger partial charge is 0.250 e. The molecule has 1 fully saturated rings. The van der Waals surface area contributed by atoms with E-state index in [2.05, 4.69) is 189 Å². The number of nitrogens with zero attached hydrogens (tertiary/aromatic N) is 5. The third-order valence-corrected chi connectivity index (χ3v) is 25.1. The van der Waals surface area contributed by atoms with Gasteiger partial charge in [-0.3, -0.25) is 4.90 Å². The third-order valence-electron chi connectivity index (χ3n) is 14.0. The quantitative estimate of drug-likeness (QED) is 0.0964. The minimum absolute atomic E-state index is 0.142. The predicted molar refractivity (Wildman–Crippen MR) is 306 cm³/mol. The Balaban J connectivity index is 0.000000192. The van der Waals surface area contributed by atoms with Crippen molar-refractivity contribution in [3.8, 4) is 32.4 Å². The molecule has 1 aliphatic heterocycles. The van der Waals surface area contributed by atoms with Crippen LogP contribution in [-0.4, -0.2) is 74.3 Å². The average Bonchev–Trinajstić information content (AvgIpc) is 3.98. The van der Waals surface area contributed by atoms with Crippen LogP contribution < -0.4 is 19.5 Å². The topological polar surface area (TPSA) is 107 Å². The van der Waals surface area contributed by atoms with Gasteiger partial charge < -0.3 is 24.2 Å². The average molecular weight is 1020 g/mol. The lowest BCUT2D eigenvalue weighted by Crippen LogP contribution is -2.43. The fourth-order valence-corrected chi connectivity index (χ4v) is 11.9. The number of fused-ring (bicyclic) bond motifs is 2. The molecule has 0 unspecified atom stereocenters. The summed E-state index contributed by atoms with van der Waals surface area (Å²) in [5.41, 5.74) is 9.00. The first-order valence-electron chi connectivity index (χ1n) is 24.9. The van der Waals surface area contributed by atoms with Gasteiger partial charge in [0.25, 0.3) is 0 Å². The standard InChI is InChI=1S/C30H38N4O2SSi.C27H33N3OSSi/c1-30(2,3)38(4,5)36-25-8-6-7-24(19-25)33-29-28-26(31-21-32-29)20-27(37-28)23-11-9-22(10-12-23)13-14-34-15-17-35-18-16-34;1-7-9-19-12-14-20(15-13-19)24-17-23-25(32-24)26(29-18-28-23)30-21-10-8-11-22(16-21)31-33(5,6)27(2,3)4/h6-12,19-21H,13-18H2,1-5H3,(H,31,32,33);8,10-18H,7,9H2,1-6H3,(H,28,29,30). The van der Waals surface area contributed by atoms with Crippen LogP contribution in [0.15, 0.2) is 122 Å². The van der Waals surface area contributed by atoms with Gasteiger partial charge in [-0.15, -0.1) is 22.7 Å². The van der Waals surface area contributed by atoms with Crippen LogP contribution in [0, 0.1) is 0 Å². The summed E-state index contributed by atoms with van der Waals surface area (Å²) in [5, 5.41) is 7.30. The van der Waals surface area contributed by atoms with E-state index in [9.17, 15) is 0 Å². The Hall–Kier alpha value is -5.49. The Kier molecular flexibility index (Phi) is 16.1. The highest BCUT2D eigenvalue weighted by molar-refractivity contribution is 7.23. The number of anilines is 4. The van der Waals surface area contributed by atoms with E-state index in [4.69, 9.17) is 13.6 Å². The van der Waals surface area contributed by atoms with Crippen molar-refractivity contribution in [2.24, 2.45) is 0 Å². The summed E-state index contributed by atoms with van der Waals surface area (Å²) in [4.78, 5) is 23.1. The predicted octanol–water partition coefficient (Wildman–Crippen LogP) is 15.8. The number of benzene rings is 4. The highest BCUT2D eigenvalue weighted by atomic mass is 32.1. The summed E-state index contributed by atoms with van der Waals surface area (Å²) in [5.74, 6) is 3.43. The van der Waals surface area contributed by atoms with Crippen LogP contribution in [0.2, 0.25) is 36.3 Å². The number of ether oxygens (including phenoxy) is 1. The molecule has 2 N–H and O–H groups in total. The summed E-state index contributed by atoms with van der Waals surface area (Å²) in [6.07, 6.45) is 6.59. The summed E-state index contributed by atoms with van der Waals surface area (Å²) < 4.78 is 20.6. The SMILES string of the molecule is CC(C)(C)[Si](C)(C)Oc1cccc(Nc2ncnc3cc(-c4ccc(CCN5CCOCC5)cc4)sc23)c1.CCCc1ccc(-c2cc3ncnc(Nc4cccc(O[Si](C)(C)C(C)(C)C)c4)c3s2)cc1. The van der Waals surface area contributed by atoms with Gasteiger partial charge in [0.1, 0.15) is 24.2 Å². The summed E-state index contributed by atoms with van der Waals surface area (Å²) in [6, 6.07) is 38.5. The van der Waals surface area contributed by atoms with Gasteiger partial charge in [-0.25, -0.2) is 19.9 Å². The number of morpholine rings is 1. The molecule has 0 amide bonds. The van der Waals surface area contributed by atoms with Crippen LogP contribution in [0.4, 0.5) is 23.0 Å². The maximum atomic E-state index is 6.52. The van der Waals surface area contributed by atoms with Crippen LogP contribution in [0.1, 0.15) is 66.0 Å². The first-order chi connectivity index (χ1) is 33.8. The lowest BCUT2D eigenvalue weighted by molar-refractivity contribution is 0.0384. The third kappa shape index (κ3) is 13.1. The monoisotopic (exact) mass is 1020 g/mol. The molecule has 372 valence electrons. The molecule has 10 nitrogen and oxygen atoms in total. The minimum atomic E-state index is -1.92. The van der Waals surface area contributed by atoms with E-state index < -0.39 is 16.6 Å². The van der Waals surface area contributed by atoms with Gasteiger partial charge in [-0.2, -0.15) is 0 Å². The normalized spacial score (nSPS) is 13.7. The van der Waals surface area contributed by atoms with Crippen LogP contribution >= 0.6 is 22.7 Å². The Morgan fingerprint density at radius 1 is 0.577 bits per heavy atom. The molecule has 71 heavy (non-hydrogen) atoms. The molecule has 0 spiro atoms. The number of hydrogen-bond donors (Lipinski definition) is 2. The highest BCUT2D eigenvalue weighted by Crippen LogP contribution is 2.42. The summed E-state index contributed by atoms with van der Waals surface area (Å²) in [7, 11) is -3.82. The van der Waals surface area contributed by atoms with Crippen molar-refractivity contribution in [1.82, 2.24) is 24.8 Å². The van der Waals surface area contributed by atoms with Gasteiger partial charge in [0.05, 0.1) is 33.6 Å². The van der Waals surface area contributed by atoms with Crippen molar-refractivity contribution >= 4 is 82.8 Å². The number of hydrogen-bond acceptors (Lipinski definition) is 12. The first kappa shape index (κ1) is 51.9. The molecular weight excluding hydrogens is 951 g/mol. The van der Waals surface area contributed by atoms with E-state index in [1.807, 2.05) is 30.3 Å². The van der Waals surface area contributed by atoms with Crippen molar-refractivity contribution in [2.45, 2.75) is 104 Å². The van der Waals surface area contributed by atoms with E-state index in [1.54, 1.807) is 35.3 Å². The lowest BCUT2D eigenvalue weighted by Gasteiger charge is -2.36. The van der Waals surface area contributed by atoms with Gasteiger partial charge in [-0.1, -0.05) is 116 Å². The molecule has 0 saturated carbocycles. The van der Waals surface area contributed by atoms with Crippen molar-refractivity contribution in [3.63, 3.8) is 0 Å². The second-order valence-electron chi connectivity index (χ2n) is 21.5. The van der Waals surface area contributed by atoms with Gasteiger partial charge in [0.2, 0.25) is 16.6 Å². The van der Waals surface area contributed by atoms with Crippen LogP contribution in [0.25, 0.3) is 41.3 Å². The molecule has 4 aromatic carbocycles. The Morgan fingerprint density at radius 2 is 1.01 bits per heavy atom. The van der Waals surface area contributed by atoms with E-state index in [0.717, 1.165) is 107 Å². The largest absolute Gasteiger partial charge is 0.543 e. The van der Waals surface area contributed by atoms with E-state index >= 15 is 0 Å². The Labute approximate surface area is 431 Å². The zero-order chi connectivity index (χ0) is 50.4. The first-order valence-corrected chi connectivity index (χ1v) is 32.4. The van der Waals surface area contributed by atoms with E-state index in [1.165, 1.54) is 32.0 Å². The molecule has 1 aliphatic rings. The molecule has 5 heterocycles. The molecule has 0 radical (unpaired) electrons. The zero-order valence-corrected chi connectivity index (χ0v) is 47.1. The molecule has 0 atom stereocenters. The van der Waals surface area contributed by atoms with Gasteiger partial charge in [-0.05, 0) is 108 Å². The molecule has 0 aliphatic carbocycles. The number of aryl methyl sites for hydroxylation is 1. The van der Waals surface area contributed by atoms with E-state index in [-0.39, 0.29) is 10.1 Å². The Bertz CT molecular complexity index is 3030. The van der Waals surface area contributed by atoms with Crippen LogP contribution in [0.3, 0.4) is 0 Å². The Morgan fingerprint density at radius 3 is 1.44 bits per heavy atom. The van der Waals surface area contributed by atoms with Crippen molar-refractivity contribution < 1.29 is 13.6 Å². The minimum Gasteiger partial charge on any atom is -0.543 e. The summed E-state index contributed by atoms with van der Waals surface area (Å²) >= 11 is 3.44. The number of rotatable bonds is 15. The van der Waals surface area contributed by atoms with Crippen molar-refractivity contribution in [1.29, 1.82) is 0 Å². The summed E-state index contributed by atoms with van der Waals surface area (Å²) in [6.45, 7) is 29.7. The fourth-order valence-electron chi connectivity index (χ4n) is 7.69. The molecule has 9 rings (SSSR count). The second kappa shape index (κ2) is 22.1. The number of thiophene rings is 2. The van der Waals surface area contributed by atoms with Crippen molar-refractivity contribution in [3.05, 3.63) is 133 Å². The van der Waals surface area contributed by atoms with Crippen LogP contribution in [0.5, 0.6) is 11.5 Å². The van der Waals surface area contributed by atoms with Gasteiger partial charge in [0, 0.05) is 52.9 Å². The number of aromatic nitrogens is 4. The van der Waals surface area contributed by atoms with Crippen molar-refractivity contribution in [2.75, 3.05) is 43.5 Å². The molecule has 8 aromatic rings. The highest BCUT2D eigenvalue weighted by Gasteiger charge is 2.40. The van der Waals surface area contributed by atoms with Gasteiger partial charge >= 0.3 is 0 Å². The maximum absolute atomic E-state index is 6.52. The molecule has 14 heteroatoms. The van der Waals surface area contributed by atoms with E-state index in [0.29, 0.717) is 0 Å². The molecular formula is C57H71N7O3S2Si2. The molecule has 1 saturated heterocycles. The van der Waals surface area contributed by atoms with Gasteiger partial charge in [0.15, 0.2) is 11.6 Å².